The zero-order valence-electron chi connectivity index (χ0n) is 11.5. The predicted octanol–water partition coefficient (Wildman–Crippen LogP) is 3.42. The molecule has 1 aliphatic rings. The lowest BCUT2D eigenvalue weighted by Gasteiger charge is -2.24. The first-order valence-corrected chi connectivity index (χ1v) is 7.94. The maximum absolute atomic E-state index is 12.6. The Morgan fingerprint density at radius 3 is 2.95 bits per heavy atom. The average Bonchev–Trinajstić information content (AvgIpc) is 3.12. The lowest BCUT2D eigenvalue weighted by atomic mass is 10.1. The number of hydrogen-bond donors (Lipinski definition) is 0. The van der Waals surface area contributed by atoms with Crippen LogP contribution in [0.4, 0.5) is 0 Å². The molecule has 1 amide bonds. The van der Waals surface area contributed by atoms with E-state index in [0.717, 1.165) is 36.2 Å². The number of likely N-dealkylation sites (tertiary alicyclic amines) is 1. The van der Waals surface area contributed by atoms with Gasteiger partial charge in [-0.15, -0.1) is 0 Å². The normalized spacial score (nSPS) is 18.8. The fourth-order valence-electron chi connectivity index (χ4n) is 2.89. The molecule has 4 nitrogen and oxygen atoms in total. The number of aryl methyl sites for hydroxylation is 2. The molecule has 1 fully saturated rings. The summed E-state index contributed by atoms with van der Waals surface area (Å²) in [7, 11) is 1.83. The van der Waals surface area contributed by atoms with Crippen molar-refractivity contribution in [1.82, 2.24) is 14.7 Å². The Kier molecular flexibility index (Phi) is 3.56. The number of thiophene rings is 1. The van der Waals surface area contributed by atoms with Crippen LogP contribution < -0.4 is 0 Å². The highest BCUT2D eigenvalue weighted by molar-refractivity contribution is 7.08. The first-order chi connectivity index (χ1) is 9.59. The minimum absolute atomic E-state index is 0.0450. The monoisotopic (exact) mass is 309 g/mol. The average molecular weight is 310 g/mol. The minimum atomic E-state index is 0.0450. The predicted molar refractivity (Wildman–Crippen MR) is 80.3 cm³/mol. The van der Waals surface area contributed by atoms with Crippen molar-refractivity contribution < 1.29 is 4.79 Å². The third-order valence-electron chi connectivity index (χ3n) is 3.81. The summed E-state index contributed by atoms with van der Waals surface area (Å²) in [5.74, 6) is 0.0908. The van der Waals surface area contributed by atoms with Crippen molar-refractivity contribution in [2.75, 3.05) is 6.54 Å². The van der Waals surface area contributed by atoms with Crippen LogP contribution in [-0.2, 0) is 7.05 Å². The Bertz CT molecular complexity index is 635. The van der Waals surface area contributed by atoms with Crippen LogP contribution in [0.15, 0.2) is 16.8 Å². The second-order valence-corrected chi connectivity index (χ2v) is 6.22. The standard InChI is InChI=1S/C14H16ClN3OS/c1-9-12(13(15)17(2)16-9)11-4-3-6-18(11)14(19)10-5-7-20-8-10/h5,7-8,11H,3-4,6H2,1-2H3/t11-/m0/s1. The number of carbonyl (C=O) groups is 1. The van der Waals surface area contributed by atoms with Crippen molar-refractivity contribution >= 4 is 28.8 Å². The molecule has 2 aromatic rings. The van der Waals surface area contributed by atoms with E-state index in [0.29, 0.717) is 5.15 Å². The van der Waals surface area contributed by atoms with E-state index in [1.165, 1.54) is 0 Å². The van der Waals surface area contributed by atoms with Gasteiger partial charge < -0.3 is 4.90 Å². The highest BCUT2D eigenvalue weighted by atomic mass is 35.5. The lowest BCUT2D eigenvalue weighted by molar-refractivity contribution is 0.0736. The smallest absolute Gasteiger partial charge is 0.255 e. The fourth-order valence-corrected chi connectivity index (χ4v) is 3.82. The molecule has 6 heteroatoms. The van der Waals surface area contributed by atoms with E-state index in [1.807, 2.05) is 35.7 Å². The summed E-state index contributed by atoms with van der Waals surface area (Å²) in [6.07, 6.45) is 1.95. The summed E-state index contributed by atoms with van der Waals surface area (Å²) < 4.78 is 1.68. The van der Waals surface area contributed by atoms with E-state index < -0.39 is 0 Å². The van der Waals surface area contributed by atoms with Gasteiger partial charge in [0.2, 0.25) is 0 Å². The molecule has 0 unspecified atom stereocenters. The fraction of sp³-hybridized carbons (Fsp3) is 0.429. The van der Waals surface area contributed by atoms with Crippen LogP contribution in [0, 0.1) is 6.92 Å². The van der Waals surface area contributed by atoms with Crippen molar-refractivity contribution in [3.8, 4) is 0 Å². The molecule has 0 aromatic carbocycles. The van der Waals surface area contributed by atoms with Crippen molar-refractivity contribution in [3.05, 3.63) is 38.8 Å². The molecule has 0 radical (unpaired) electrons. The summed E-state index contributed by atoms with van der Waals surface area (Å²) in [4.78, 5) is 14.5. The molecule has 0 spiro atoms. The Hall–Kier alpha value is -1.33. The minimum Gasteiger partial charge on any atom is -0.331 e. The molecule has 1 aliphatic heterocycles. The Balaban J connectivity index is 1.95. The number of carbonyl (C=O) groups excluding carboxylic acids is 1. The molecule has 0 saturated carbocycles. The summed E-state index contributed by atoms with van der Waals surface area (Å²) in [5, 5.41) is 8.83. The highest BCUT2D eigenvalue weighted by Gasteiger charge is 2.34. The van der Waals surface area contributed by atoms with Crippen LogP contribution in [0.5, 0.6) is 0 Å². The van der Waals surface area contributed by atoms with Crippen LogP contribution in [0.25, 0.3) is 0 Å². The van der Waals surface area contributed by atoms with Gasteiger partial charge in [-0.3, -0.25) is 9.48 Å². The largest absolute Gasteiger partial charge is 0.331 e. The molecule has 2 aromatic heterocycles. The van der Waals surface area contributed by atoms with E-state index >= 15 is 0 Å². The van der Waals surface area contributed by atoms with E-state index in [-0.39, 0.29) is 11.9 Å². The quantitative estimate of drug-likeness (QED) is 0.852. The van der Waals surface area contributed by atoms with E-state index in [1.54, 1.807) is 16.0 Å². The molecule has 0 N–H and O–H groups in total. The first kappa shape index (κ1) is 13.6. The van der Waals surface area contributed by atoms with Gasteiger partial charge >= 0.3 is 0 Å². The molecular weight excluding hydrogens is 294 g/mol. The summed E-state index contributed by atoms with van der Waals surface area (Å²) in [5.41, 5.74) is 2.67. The second kappa shape index (κ2) is 5.22. The van der Waals surface area contributed by atoms with Gasteiger partial charge in [0, 0.05) is 24.5 Å². The lowest BCUT2D eigenvalue weighted by Crippen LogP contribution is -2.30. The molecule has 3 heterocycles. The second-order valence-electron chi connectivity index (χ2n) is 5.08. The van der Waals surface area contributed by atoms with Crippen molar-refractivity contribution in [1.29, 1.82) is 0 Å². The molecule has 0 aliphatic carbocycles. The molecule has 3 rings (SSSR count). The SMILES string of the molecule is Cc1nn(C)c(Cl)c1[C@@H]1CCCN1C(=O)c1ccsc1. The molecular formula is C14H16ClN3OS. The highest BCUT2D eigenvalue weighted by Crippen LogP contribution is 2.38. The van der Waals surface area contributed by atoms with Gasteiger partial charge in [0.1, 0.15) is 5.15 Å². The zero-order valence-corrected chi connectivity index (χ0v) is 13.0. The molecule has 106 valence electrons. The van der Waals surface area contributed by atoms with E-state index in [2.05, 4.69) is 5.10 Å². The zero-order chi connectivity index (χ0) is 14.3. The van der Waals surface area contributed by atoms with Gasteiger partial charge in [-0.1, -0.05) is 11.6 Å². The first-order valence-electron chi connectivity index (χ1n) is 6.61. The van der Waals surface area contributed by atoms with Crippen LogP contribution in [-0.4, -0.2) is 27.1 Å². The van der Waals surface area contributed by atoms with Crippen molar-refractivity contribution in [3.63, 3.8) is 0 Å². The third kappa shape index (κ3) is 2.15. The van der Waals surface area contributed by atoms with Crippen LogP contribution in [0.2, 0.25) is 5.15 Å². The number of amides is 1. The van der Waals surface area contributed by atoms with E-state index in [9.17, 15) is 4.79 Å². The third-order valence-corrected chi connectivity index (χ3v) is 4.94. The van der Waals surface area contributed by atoms with Gasteiger partial charge in [-0.2, -0.15) is 16.4 Å². The Labute approximate surface area is 127 Å². The number of rotatable bonds is 2. The van der Waals surface area contributed by atoms with Gasteiger partial charge in [0.15, 0.2) is 0 Å². The summed E-state index contributed by atoms with van der Waals surface area (Å²) in [6, 6.07) is 1.92. The number of halogens is 1. The molecule has 20 heavy (non-hydrogen) atoms. The maximum Gasteiger partial charge on any atom is 0.255 e. The maximum atomic E-state index is 12.6. The van der Waals surface area contributed by atoms with Crippen molar-refractivity contribution in [2.45, 2.75) is 25.8 Å². The number of nitrogens with zero attached hydrogens (tertiary/aromatic N) is 3. The van der Waals surface area contributed by atoms with E-state index in [4.69, 9.17) is 11.6 Å². The van der Waals surface area contributed by atoms with Crippen LogP contribution >= 0.6 is 22.9 Å². The van der Waals surface area contributed by atoms with Crippen LogP contribution in [0.1, 0.15) is 40.5 Å². The van der Waals surface area contributed by atoms with Gasteiger partial charge in [-0.25, -0.2) is 0 Å². The molecule has 1 atom stereocenters. The van der Waals surface area contributed by atoms with Gasteiger partial charge in [0.25, 0.3) is 5.91 Å². The molecule has 1 saturated heterocycles. The van der Waals surface area contributed by atoms with Gasteiger partial charge in [-0.05, 0) is 31.2 Å². The summed E-state index contributed by atoms with van der Waals surface area (Å²) in [6.45, 7) is 2.73. The number of hydrogen-bond acceptors (Lipinski definition) is 3. The van der Waals surface area contributed by atoms with Gasteiger partial charge in [0.05, 0.1) is 17.3 Å². The van der Waals surface area contributed by atoms with Crippen LogP contribution in [0.3, 0.4) is 0 Å². The number of aromatic nitrogens is 2. The Morgan fingerprint density at radius 1 is 1.55 bits per heavy atom. The molecule has 0 bridgehead atoms. The Morgan fingerprint density at radius 2 is 2.35 bits per heavy atom. The summed E-state index contributed by atoms with van der Waals surface area (Å²) >= 11 is 7.90. The topological polar surface area (TPSA) is 38.1 Å². The van der Waals surface area contributed by atoms with Crippen molar-refractivity contribution in [2.24, 2.45) is 7.05 Å².